The van der Waals surface area contributed by atoms with Crippen LogP contribution in [0.25, 0.3) is 0 Å². The Labute approximate surface area is 151 Å². The zero-order chi connectivity index (χ0) is 18.2. The van der Waals surface area contributed by atoms with E-state index in [0.29, 0.717) is 23.4 Å². The van der Waals surface area contributed by atoms with E-state index in [1.165, 1.54) is 11.3 Å². The van der Waals surface area contributed by atoms with Gasteiger partial charge in [-0.25, -0.2) is 16.8 Å². The van der Waals surface area contributed by atoms with Crippen molar-refractivity contribution in [3.63, 3.8) is 0 Å². The third-order valence-corrected chi connectivity index (χ3v) is 6.18. The molecule has 2 aromatic rings. The molecule has 1 aliphatic heterocycles. The molecule has 7 nitrogen and oxygen atoms in total. The van der Waals surface area contributed by atoms with Crippen molar-refractivity contribution in [3.8, 4) is 0 Å². The zero-order valence-electron chi connectivity index (χ0n) is 13.6. The first-order chi connectivity index (χ1) is 11.6. The first kappa shape index (κ1) is 17.9. The summed E-state index contributed by atoms with van der Waals surface area (Å²) in [6.07, 6.45) is 2.63. The van der Waals surface area contributed by atoms with Gasteiger partial charge in [-0.2, -0.15) is 9.52 Å². The number of hydrogen-bond acceptors (Lipinski definition) is 6. The van der Waals surface area contributed by atoms with Gasteiger partial charge in [-0.15, -0.1) is 11.3 Å². The van der Waals surface area contributed by atoms with Crippen LogP contribution < -0.4 is 4.72 Å². The van der Waals surface area contributed by atoms with Crippen molar-refractivity contribution >= 4 is 42.8 Å². The minimum Gasteiger partial charge on any atom is -0.284 e. The van der Waals surface area contributed by atoms with E-state index in [4.69, 9.17) is 0 Å². The molecule has 2 heterocycles. The van der Waals surface area contributed by atoms with Gasteiger partial charge >= 0.3 is 0 Å². The molecular weight excluding hydrogens is 382 g/mol. The highest BCUT2D eigenvalue weighted by molar-refractivity contribution is 7.92. The second kappa shape index (κ2) is 6.43. The van der Waals surface area contributed by atoms with Crippen LogP contribution in [-0.2, 0) is 20.0 Å². The van der Waals surface area contributed by atoms with Crippen LogP contribution in [0.4, 0.5) is 5.69 Å². The van der Waals surface area contributed by atoms with Crippen LogP contribution in [-0.4, -0.2) is 39.5 Å². The summed E-state index contributed by atoms with van der Waals surface area (Å²) >= 11 is 1.48. The van der Waals surface area contributed by atoms with Crippen molar-refractivity contribution < 1.29 is 16.8 Å². The van der Waals surface area contributed by atoms with E-state index < -0.39 is 20.0 Å². The Hall–Kier alpha value is -1.91. The van der Waals surface area contributed by atoms with E-state index in [1.54, 1.807) is 24.3 Å². The van der Waals surface area contributed by atoms with Crippen molar-refractivity contribution in [1.82, 2.24) is 4.41 Å². The van der Waals surface area contributed by atoms with Gasteiger partial charge in [0.1, 0.15) is 6.04 Å². The molecule has 0 spiro atoms. The minimum atomic E-state index is -3.52. The number of sulfonamides is 2. The Kier molecular flexibility index (Phi) is 4.60. The lowest BCUT2D eigenvalue weighted by molar-refractivity contribution is 0.379. The largest absolute Gasteiger partial charge is 0.284 e. The molecule has 134 valence electrons. The molecule has 0 saturated carbocycles. The number of rotatable bonds is 5. The number of thiophene rings is 1. The van der Waals surface area contributed by atoms with Gasteiger partial charge in [-0.05, 0) is 29.1 Å². The summed E-state index contributed by atoms with van der Waals surface area (Å²) < 4.78 is 50.5. The fourth-order valence-electron chi connectivity index (χ4n) is 2.64. The number of hydrogen-bond donors (Lipinski definition) is 1. The standard InChI is InChI=1S/C15H17N3O4S3/c1-24(19,20)17-12-6-3-5-11(9-12)13-10-14(15-7-4-8-23-15)18(16-13)25(2,21)22/h3-9,14,17H,10H2,1-2H3/t14-/m0/s1. The molecule has 25 heavy (non-hydrogen) atoms. The molecule has 1 aromatic carbocycles. The summed E-state index contributed by atoms with van der Waals surface area (Å²) in [5.74, 6) is 0. The van der Waals surface area contributed by atoms with Gasteiger partial charge in [-0.3, -0.25) is 4.72 Å². The van der Waals surface area contributed by atoms with Crippen molar-refractivity contribution in [3.05, 3.63) is 52.2 Å². The predicted molar refractivity (Wildman–Crippen MR) is 99.8 cm³/mol. The third-order valence-electron chi connectivity index (χ3n) is 3.58. The first-order valence-corrected chi connectivity index (χ1v) is 11.9. The van der Waals surface area contributed by atoms with Crippen LogP contribution in [0.1, 0.15) is 22.9 Å². The lowest BCUT2D eigenvalue weighted by Gasteiger charge is -2.19. The predicted octanol–water partition coefficient (Wildman–Crippen LogP) is 2.23. The molecule has 0 unspecified atom stereocenters. The number of nitrogens with one attached hydrogen (secondary N) is 1. The van der Waals surface area contributed by atoms with E-state index in [0.717, 1.165) is 21.8 Å². The zero-order valence-corrected chi connectivity index (χ0v) is 16.0. The van der Waals surface area contributed by atoms with Crippen LogP contribution in [0.15, 0.2) is 46.9 Å². The molecular formula is C15H17N3O4S3. The average Bonchev–Trinajstić information content (AvgIpc) is 3.14. The Bertz CT molecular complexity index is 1010. The van der Waals surface area contributed by atoms with Crippen LogP contribution in [0.5, 0.6) is 0 Å². The van der Waals surface area contributed by atoms with Crippen LogP contribution in [0.2, 0.25) is 0 Å². The van der Waals surface area contributed by atoms with Gasteiger partial charge in [0.15, 0.2) is 0 Å². The molecule has 1 aromatic heterocycles. The van der Waals surface area contributed by atoms with Crippen molar-refractivity contribution in [2.75, 3.05) is 17.2 Å². The second-order valence-corrected chi connectivity index (χ2v) is 10.3. The Morgan fingerprint density at radius 1 is 1.16 bits per heavy atom. The maximum Gasteiger partial charge on any atom is 0.247 e. The van der Waals surface area contributed by atoms with Gasteiger partial charge in [0.05, 0.1) is 18.2 Å². The van der Waals surface area contributed by atoms with E-state index in [9.17, 15) is 16.8 Å². The molecule has 1 aliphatic rings. The molecule has 1 N–H and O–H groups in total. The van der Waals surface area contributed by atoms with E-state index >= 15 is 0 Å². The summed E-state index contributed by atoms with van der Waals surface area (Å²) in [7, 11) is -6.91. The van der Waals surface area contributed by atoms with Crippen molar-refractivity contribution in [2.24, 2.45) is 5.10 Å². The smallest absolute Gasteiger partial charge is 0.247 e. The van der Waals surface area contributed by atoms with E-state index in [-0.39, 0.29) is 6.04 Å². The highest BCUT2D eigenvalue weighted by Crippen LogP contribution is 2.36. The summed E-state index contributed by atoms with van der Waals surface area (Å²) in [5.41, 5.74) is 1.69. The molecule has 0 aliphatic carbocycles. The monoisotopic (exact) mass is 399 g/mol. The fourth-order valence-corrected chi connectivity index (χ4v) is 4.97. The Morgan fingerprint density at radius 3 is 2.52 bits per heavy atom. The SMILES string of the molecule is CS(=O)(=O)Nc1cccc(C2=NN(S(C)(=O)=O)[C@H](c3cccs3)C2)c1. The van der Waals surface area contributed by atoms with Crippen LogP contribution >= 0.6 is 11.3 Å². The first-order valence-electron chi connectivity index (χ1n) is 7.32. The number of nitrogens with zero attached hydrogens (tertiary/aromatic N) is 2. The lowest BCUT2D eigenvalue weighted by atomic mass is 10.0. The lowest BCUT2D eigenvalue weighted by Crippen LogP contribution is -2.25. The third kappa shape index (κ3) is 4.20. The maximum atomic E-state index is 12.1. The topological polar surface area (TPSA) is 95.9 Å². The van der Waals surface area contributed by atoms with Gasteiger partial charge in [0, 0.05) is 17.0 Å². The van der Waals surface area contributed by atoms with E-state index in [2.05, 4.69) is 9.82 Å². The molecule has 0 bridgehead atoms. The van der Waals surface area contributed by atoms with Gasteiger partial charge in [0.25, 0.3) is 0 Å². The molecule has 10 heteroatoms. The minimum absolute atomic E-state index is 0.378. The summed E-state index contributed by atoms with van der Waals surface area (Å²) in [6.45, 7) is 0. The maximum absolute atomic E-state index is 12.1. The molecule has 0 saturated heterocycles. The molecule has 0 fully saturated rings. The van der Waals surface area contributed by atoms with Crippen molar-refractivity contribution in [1.29, 1.82) is 0 Å². The van der Waals surface area contributed by atoms with E-state index in [1.807, 2.05) is 17.5 Å². The van der Waals surface area contributed by atoms with Crippen molar-refractivity contribution in [2.45, 2.75) is 12.5 Å². The summed E-state index contributed by atoms with van der Waals surface area (Å²) in [5, 5.41) is 6.19. The highest BCUT2D eigenvalue weighted by atomic mass is 32.2. The van der Waals surface area contributed by atoms with Gasteiger partial charge in [0.2, 0.25) is 20.0 Å². The Morgan fingerprint density at radius 2 is 1.92 bits per heavy atom. The summed E-state index contributed by atoms with van der Waals surface area (Å²) in [4.78, 5) is 0.912. The Balaban J connectivity index is 1.96. The van der Waals surface area contributed by atoms with Crippen LogP contribution in [0, 0.1) is 0 Å². The fraction of sp³-hybridized carbons (Fsp3) is 0.267. The normalized spacial score (nSPS) is 18.2. The van der Waals surface area contributed by atoms with Crippen LogP contribution in [0.3, 0.4) is 0 Å². The van der Waals surface area contributed by atoms with Gasteiger partial charge < -0.3 is 0 Å². The molecule has 0 radical (unpaired) electrons. The number of hydrazone groups is 1. The molecule has 1 atom stereocenters. The van der Waals surface area contributed by atoms with Gasteiger partial charge in [-0.1, -0.05) is 18.2 Å². The summed E-state index contributed by atoms with van der Waals surface area (Å²) in [6, 6.07) is 10.1. The number of anilines is 1. The molecule has 0 amide bonds. The number of benzene rings is 1. The second-order valence-electron chi connectivity index (χ2n) is 5.77. The molecule has 3 rings (SSSR count). The highest BCUT2D eigenvalue weighted by Gasteiger charge is 2.35. The quantitative estimate of drug-likeness (QED) is 0.834. The average molecular weight is 400 g/mol.